The van der Waals surface area contributed by atoms with Crippen LogP contribution in [0.1, 0.15) is 154 Å². The van der Waals surface area contributed by atoms with E-state index in [1.807, 2.05) is 54.6 Å². The van der Waals surface area contributed by atoms with E-state index in [0.717, 1.165) is 81.8 Å². The first kappa shape index (κ1) is 40.0. The Balaban J connectivity index is 1.68. The van der Waals surface area contributed by atoms with Crippen molar-refractivity contribution >= 4 is 17.9 Å². The van der Waals surface area contributed by atoms with Crippen LogP contribution in [0.3, 0.4) is 0 Å². The zero-order valence-electron chi connectivity index (χ0n) is 29.2. The normalized spacial score (nSPS) is 13.9. The number of carboxylic acid groups (broad SMARTS) is 1. The number of ether oxygens (including phenoxy) is 2. The summed E-state index contributed by atoms with van der Waals surface area (Å²) in [6.07, 6.45) is 31.2. The predicted octanol–water partition coefficient (Wildman–Crippen LogP) is 11.0. The van der Waals surface area contributed by atoms with Crippen LogP contribution < -0.4 is 0 Å². The summed E-state index contributed by atoms with van der Waals surface area (Å²) in [5.41, 5.74) is 0.481. The second-order valence-electron chi connectivity index (χ2n) is 13.2. The monoisotopic (exact) mass is 650 g/mol. The van der Waals surface area contributed by atoms with Gasteiger partial charge in [0, 0.05) is 6.42 Å². The average Bonchev–Trinajstić information content (AvgIpc) is 3.36. The van der Waals surface area contributed by atoms with Gasteiger partial charge in [0.2, 0.25) is 0 Å². The number of carbonyl (C=O) groups is 3. The summed E-state index contributed by atoms with van der Waals surface area (Å²) < 4.78 is 11.1. The fourth-order valence-electron chi connectivity index (χ4n) is 6.14. The number of allylic oxidation sites excluding steroid dienone is 5. The lowest BCUT2D eigenvalue weighted by Crippen LogP contribution is -2.41. The van der Waals surface area contributed by atoms with Crippen molar-refractivity contribution in [1.82, 2.24) is 0 Å². The van der Waals surface area contributed by atoms with Crippen molar-refractivity contribution in [3.8, 4) is 0 Å². The van der Waals surface area contributed by atoms with Crippen LogP contribution >= 0.6 is 0 Å². The minimum absolute atomic E-state index is 0.0950. The molecule has 0 saturated carbocycles. The molecular formula is C41H62O6. The third kappa shape index (κ3) is 18.1. The molecule has 0 aliphatic heterocycles. The predicted molar refractivity (Wildman–Crippen MR) is 191 cm³/mol. The highest BCUT2D eigenvalue weighted by molar-refractivity contribution is 5.99. The second kappa shape index (κ2) is 25.9. The molecule has 0 bridgehead atoms. The van der Waals surface area contributed by atoms with E-state index in [-0.39, 0.29) is 12.6 Å². The minimum atomic E-state index is -1.48. The molecule has 1 aromatic carbocycles. The number of unbranched alkanes of at least 4 members (excludes halogenated alkanes) is 16. The van der Waals surface area contributed by atoms with Crippen LogP contribution in [-0.2, 0) is 30.5 Å². The quantitative estimate of drug-likeness (QED) is 0.0551. The fraction of sp³-hybridized carbons (Fsp3) is 0.634. The van der Waals surface area contributed by atoms with Gasteiger partial charge in [-0.05, 0) is 36.8 Å². The fourth-order valence-corrected chi connectivity index (χ4v) is 6.14. The van der Waals surface area contributed by atoms with Gasteiger partial charge < -0.3 is 14.6 Å². The molecule has 1 unspecified atom stereocenters. The molecule has 1 aromatic rings. The molecule has 262 valence electrons. The SMILES string of the molecule is CCCCCCCCCCCCC(CCCCCCCCCCC(=O)OCC1=CC=CC=CC1)(C(=O)O)C(=O)OCc1ccccc1. The third-order valence-corrected chi connectivity index (χ3v) is 9.19. The van der Waals surface area contributed by atoms with Crippen molar-refractivity contribution in [2.45, 2.75) is 155 Å². The van der Waals surface area contributed by atoms with E-state index < -0.39 is 17.4 Å². The first-order valence-electron chi connectivity index (χ1n) is 18.6. The maximum atomic E-state index is 13.4. The summed E-state index contributed by atoms with van der Waals surface area (Å²) in [5, 5.41) is 10.4. The minimum Gasteiger partial charge on any atom is -0.480 e. The molecule has 0 radical (unpaired) electrons. The Morgan fingerprint density at radius 1 is 0.660 bits per heavy atom. The highest BCUT2D eigenvalue weighted by Crippen LogP contribution is 2.35. The van der Waals surface area contributed by atoms with E-state index in [9.17, 15) is 19.5 Å². The molecule has 0 saturated heterocycles. The van der Waals surface area contributed by atoms with Gasteiger partial charge in [0.25, 0.3) is 0 Å². The van der Waals surface area contributed by atoms with Crippen molar-refractivity contribution < 1.29 is 29.0 Å². The summed E-state index contributed by atoms with van der Waals surface area (Å²) in [7, 11) is 0. The highest BCUT2D eigenvalue weighted by Gasteiger charge is 2.46. The molecule has 0 spiro atoms. The van der Waals surface area contributed by atoms with E-state index >= 15 is 0 Å². The largest absolute Gasteiger partial charge is 0.480 e. The van der Waals surface area contributed by atoms with Gasteiger partial charge in [-0.15, -0.1) is 0 Å². The Morgan fingerprint density at radius 2 is 1.21 bits per heavy atom. The summed E-state index contributed by atoms with van der Waals surface area (Å²) in [6.45, 7) is 2.69. The van der Waals surface area contributed by atoms with Crippen LogP contribution in [0.4, 0.5) is 0 Å². The lowest BCUT2D eigenvalue weighted by Gasteiger charge is -2.27. The molecule has 6 nitrogen and oxygen atoms in total. The van der Waals surface area contributed by atoms with E-state index in [4.69, 9.17) is 9.47 Å². The third-order valence-electron chi connectivity index (χ3n) is 9.19. The Hall–Kier alpha value is -3.15. The zero-order valence-corrected chi connectivity index (χ0v) is 29.2. The van der Waals surface area contributed by atoms with Gasteiger partial charge in [-0.3, -0.25) is 14.4 Å². The summed E-state index contributed by atoms with van der Waals surface area (Å²) in [6, 6.07) is 9.45. The van der Waals surface area contributed by atoms with Crippen molar-refractivity contribution in [2.24, 2.45) is 5.41 Å². The molecule has 0 amide bonds. The smallest absolute Gasteiger partial charge is 0.323 e. The molecular weight excluding hydrogens is 588 g/mol. The standard InChI is InChI=1S/C41H62O6/c1-2-3-4-5-6-7-9-12-17-25-32-41(39(43)44,40(45)47-35-37-29-22-19-23-30-37)33-26-18-13-10-8-11-14-24-31-38(42)46-34-36-27-20-15-16-21-28-36/h15-16,19-23,27,29-30H,2-14,17-18,24-26,28,31-35H2,1H3,(H,43,44). The van der Waals surface area contributed by atoms with Crippen molar-refractivity contribution in [3.05, 3.63) is 71.8 Å². The lowest BCUT2D eigenvalue weighted by molar-refractivity contribution is -0.171. The van der Waals surface area contributed by atoms with Gasteiger partial charge in [0.15, 0.2) is 5.41 Å². The van der Waals surface area contributed by atoms with E-state index in [1.165, 1.54) is 44.9 Å². The van der Waals surface area contributed by atoms with Gasteiger partial charge in [0.05, 0.1) is 0 Å². The van der Waals surface area contributed by atoms with Crippen LogP contribution in [-0.4, -0.2) is 29.6 Å². The zero-order chi connectivity index (χ0) is 33.8. The summed E-state index contributed by atoms with van der Waals surface area (Å²) >= 11 is 0. The van der Waals surface area contributed by atoms with Crippen molar-refractivity contribution in [2.75, 3.05) is 6.61 Å². The Morgan fingerprint density at radius 3 is 1.79 bits per heavy atom. The van der Waals surface area contributed by atoms with Gasteiger partial charge in [-0.25, -0.2) is 0 Å². The lowest BCUT2D eigenvalue weighted by atomic mass is 9.77. The van der Waals surface area contributed by atoms with Crippen LogP contribution in [0.15, 0.2) is 66.3 Å². The second-order valence-corrected chi connectivity index (χ2v) is 13.2. The van der Waals surface area contributed by atoms with Crippen LogP contribution in [0.5, 0.6) is 0 Å². The number of aliphatic carboxylic acids is 1. The van der Waals surface area contributed by atoms with Crippen LogP contribution in [0.2, 0.25) is 0 Å². The molecule has 1 N–H and O–H groups in total. The summed E-state index contributed by atoms with van der Waals surface area (Å²) in [4.78, 5) is 38.1. The van der Waals surface area contributed by atoms with Gasteiger partial charge in [-0.1, -0.05) is 177 Å². The number of hydrogen-bond acceptors (Lipinski definition) is 5. The Kier molecular flexibility index (Phi) is 22.0. The first-order chi connectivity index (χ1) is 23.0. The number of rotatable bonds is 28. The number of hydrogen-bond donors (Lipinski definition) is 1. The van der Waals surface area contributed by atoms with E-state index in [2.05, 4.69) is 13.0 Å². The topological polar surface area (TPSA) is 89.9 Å². The molecule has 1 aliphatic rings. The maximum absolute atomic E-state index is 13.4. The molecule has 47 heavy (non-hydrogen) atoms. The summed E-state index contributed by atoms with van der Waals surface area (Å²) in [5.74, 6) is -1.78. The van der Waals surface area contributed by atoms with Crippen molar-refractivity contribution in [1.29, 1.82) is 0 Å². The first-order valence-corrected chi connectivity index (χ1v) is 18.6. The van der Waals surface area contributed by atoms with Crippen molar-refractivity contribution in [3.63, 3.8) is 0 Å². The van der Waals surface area contributed by atoms with E-state index in [0.29, 0.717) is 32.3 Å². The average molecular weight is 651 g/mol. The number of carboxylic acids is 1. The number of carbonyl (C=O) groups excluding carboxylic acids is 2. The maximum Gasteiger partial charge on any atom is 0.323 e. The molecule has 6 heteroatoms. The number of esters is 2. The molecule has 1 aliphatic carbocycles. The van der Waals surface area contributed by atoms with Gasteiger partial charge in [-0.2, -0.15) is 0 Å². The molecule has 2 rings (SSSR count). The van der Waals surface area contributed by atoms with E-state index in [1.54, 1.807) is 0 Å². The van der Waals surface area contributed by atoms with Crippen LogP contribution in [0, 0.1) is 5.41 Å². The Labute approximate surface area is 285 Å². The van der Waals surface area contributed by atoms with Gasteiger partial charge in [0.1, 0.15) is 13.2 Å². The molecule has 0 fully saturated rings. The molecule has 1 atom stereocenters. The van der Waals surface area contributed by atoms with Crippen LogP contribution in [0.25, 0.3) is 0 Å². The van der Waals surface area contributed by atoms with Gasteiger partial charge >= 0.3 is 17.9 Å². The Bertz CT molecular complexity index is 1090. The highest BCUT2D eigenvalue weighted by atomic mass is 16.5. The molecule has 0 aromatic heterocycles. The number of benzene rings is 1. The molecule has 0 heterocycles.